The zero-order valence-electron chi connectivity index (χ0n) is 5.43. The number of hydrogen-bond acceptors (Lipinski definition) is 1. The fourth-order valence-corrected chi connectivity index (χ4v) is 1.22. The lowest BCUT2D eigenvalue weighted by Gasteiger charge is -2.05. The highest BCUT2D eigenvalue weighted by Crippen LogP contribution is 2.16. The Morgan fingerprint density at radius 1 is 1.75 bits per heavy atom. The van der Waals surface area contributed by atoms with Gasteiger partial charge in [-0.05, 0) is 39.3 Å². The van der Waals surface area contributed by atoms with Crippen molar-refractivity contribution in [3.63, 3.8) is 0 Å². The summed E-state index contributed by atoms with van der Waals surface area (Å²) in [7, 11) is 2.15. The number of rotatable bonds is 1. The summed E-state index contributed by atoms with van der Waals surface area (Å²) < 4.78 is 0. The van der Waals surface area contributed by atoms with E-state index in [2.05, 4.69) is 11.9 Å². The maximum absolute atomic E-state index is 5.47. The largest absolute Gasteiger partial charge is 0.306 e. The van der Waals surface area contributed by atoms with Gasteiger partial charge in [0.05, 0.1) is 0 Å². The molecule has 8 heavy (non-hydrogen) atoms. The molecule has 1 rings (SSSR count). The Morgan fingerprint density at radius 3 is 2.75 bits per heavy atom. The van der Waals surface area contributed by atoms with Crippen LogP contribution in [0.1, 0.15) is 12.8 Å². The summed E-state index contributed by atoms with van der Waals surface area (Å²) in [6.07, 6.45) is 2.16. The van der Waals surface area contributed by atoms with E-state index in [9.17, 15) is 0 Å². The lowest BCUT2D eigenvalue weighted by atomic mass is 10.1. The van der Waals surface area contributed by atoms with Gasteiger partial charge in [-0.3, -0.25) is 0 Å². The minimum Gasteiger partial charge on any atom is -0.306 e. The average molecular weight is 111 g/mol. The highest BCUT2D eigenvalue weighted by Gasteiger charge is 2.16. The van der Waals surface area contributed by atoms with Crippen molar-refractivity contribution in [1.29, 1.82) is 0 Å². The molecule has 0 aliphatic carbocycles. The van der Waals surface area contributed by atoms with Gasteiger partial charge in [-0.1, -0.05) is 0 Å². The third-order valence-electron chi connectivity index (χ3n) is 1.82. The van der Waals surface area contributed by atoms with Gasteiger partial charge in [-0.25, -0.2) is 0 Å². The second-order valence-corrected chi connectivity index (χ2v) is 2.65. The average Bonchev–Trinajstić information content (AvgIpc) is 2.14. The van der Waals surface area contributed by atoms with Crippen molar-refractivity contribution in [1.82, 2.24) is 4.90 Å². The summed E-state index contributed by atoms with van der Waals surface area (Å²) in [5, 5.41) is 0. The topological polar surface area (TPSA) is 3.24 Å². The van der Waals surface area contributed by atoms with Gasteiger partial charge in [0.15, 0.2) is 0 Å². The van der Waals surface area contributed by atoms with Crippen molar-refractivity contribution in [3.05, 3.63) is 6.92 Å². The molecule has 1 nitrogen and oxygen atoms in total. The molecule has 0 aromatic rings. The van der Waals surface area contributed by atoms with Crippen LogP contribution in [0, 0.1) is 12.8 Å². The van der Waals surface area contributed by atoms with Gasteiger partial charge in [-0.2, -0.15) is 0 Å². The molecule has 0 aromatic carbocycles. The number of hydrogen-bond donors (Lipinski definition) is 0. The third-order valence-corrected chi connectivity index (χ3v) is 1.82. The first-order valence-corrected chi connectivity index (χ1v) is 3.21. The Labute approximate surface area is 51.7 Å². The molecule has 46 valence electrons. The molecule has 1 atom stereocenters. The fraction of sp³-hybridized carbons (Fsp3) is 0.857. The van der Waals surface area contributed by atoms with Crippen LogP contribution in [-0.4, -0.2) is 25.0 Å². The Kier molecular flexibility index (Phi) is 1.90. The van der Waals surface area contributed by atoms with E-state index in [0.717, 1.165) is 12.3 Å². The molecule has 1 fully saturated rings. The normalized spacial score (nSPS) is 31.5. The van der Waals surface area contributed by atoms with Crippen molar-refractivity contribution < 1.29 is 0 Å². The molecular formula is C7H13N. The fourth-order valence-electron chi connectivity index (χ4n) is 1.22. The molecule has 0 amide bonds. The van der Waals surface area contributed by atoms with E-state index in [-0.39, 0.29) is 0 Å². The smallest absolute Gasteiger partial charge is 0.000719 e. The quantitative estimate of drug-likeness (QED) is 0.488. The molecule has 1 unspecified atom stereocenters. The summed E-state index contributed by atoms with van der Waals surface area (Å²) in [5.74, 6) is 0.778. The van der Waals surface area contributed by atoms with Crippen LogP contribution in [0.3, 0.4) is 0 Å². The van der Waals surface area contributed by atoms with E-state index >= 15 is 0 Å². The minimum atomic E-state index is 0.778. The van der Waals surface area contributed by atoms with Gasteiger partial charge in [0, 0.05) is 6.54 Å². The van der Waals surface area contributed by atoms with E-state index in [1.807, 2.05) is 0 Å². The number of nitrogens with zero attached hydrogens (tertiary/aromatic N) is 1. The SMILES string of the molecule is [CH]CC1CCN(C)C1. The molecule has 0 bridgehead atoms. The van der Waals surface area contributed by atoms with Crippen LogP contribution < -0.4 is 0 Å². The molecule has 1 heterocycles. The van der Waals surface area contributed by atoms with Crippen LogP contribution >= 0.6 is 0 Å². The Hall–Kier alpha value is -0.0400. The summed E-state index contributed by atoms with van der Waals surface area (Å²) >= 11 is 0. The highest BCUT2D eigenvalue weighted by atomic mass is 15.1. The lowest BCUT2D eigenvalue weighted by molar-refractivity contribution is 0.395. The molecule has 1 saturated heterocycles. The van der Waals surface area contributed by atoms with Gasteiger partial charge in [-0.15, -0.1) is 0 Å². The molecule has 0 saturated carbocycles. The Balaban J connectivity index is 2.22. The molecule has 1 aliphatic heterocycles. The lowest BCUT2D eigenvalue weighted by Crippen LogP contribution is -2.13. The van der Waals surface area contributed by atoms with Gasteiger partial charge in [0.25, 0.3) is 0 Å². The molecule has 1 aliphatic rings. The van der Waals surface area contributed by atoms with Crippen LogP contribution in [0.5, 0.6) is 0 Å². The van der Waals surface area contributed by atoms with Crippen molar-refractivity contribution in [3.8, 4) is 0 Å². The second kappa shape index (κ2) is 2.49. The molecule has 0 spiro atoms. The Bertz CT molecular complexity index is 70.8. The summed E-state index contributed by atoms with van der Waals surface area (Å²) in [4.78, 5) is 2.33. The molecule has 0 aromatic heterocycles. The van der Waals surface area contributed by atoms with Gasteiger partial charge < -0.3 is 4.90 Å². The van der Waals surface area contributed by atoms with Crippen molar-refractivity contribution in [2.24, 2.45) is 5.92 Å². The number of likely N-dealkylation sites (tertiary alicyclic amines) is 1. The first-order chi connectivity index (χ1) is 3.83. The first-order valence-electron chi connectivity index (χ1n) is 3.21. The predicted molar refractivity (Wildman–Crippen MR) is 34.5 cm³/mol. The summed E-state index contributed by atoms with van der Waals surface area (Å²) in [6.45, 7) is 7.91. The maximum Gasteiger partial charge on any atom is 0.000719 e. The monoisotopic (exact) mass is 111 g/mol. The van der Waals surface area contributed by atoms with Crippen LogP contribution in [-0.2, 0) is 0 Å². The van der Waals surface area contributed by atoms with Crippen LogP contribution in [0.2, 0.25) is 0 Å². The van der Waals surface area contributed by atoms with Crippen LogP contribution in [0.15, 0.2) is 0 Å². The van der Waals surface area contributed by atoms with E-state index in [4.69, 9.17) is 6.92 Å². The minimum absolute atomic E-state index is 0.778. The second-order valence-electron chi connectivity index (χ2n) is 2.65. The summed E-state index contributed by atoms with van der Waals surface area (Å²) in [5.41, 5.74) is 0. The van der Waals surface area contributed by atoms with Crippen molar-refractivity contribution >= 4 is 0 Å². The molecular weight excluding hydrogens is 98.1 g/mol. The molecule has 2 radical (unpaired) electrons. The summed E-state index contributed by atoms with van der Waals surface area (Å²) in [6, 6.07) is 0. The van der Waals surface area contributed by atoms with Crippen molar-refractivity contribution in [2.75, 3.05) is 20.1 Å². The molecule has 0 N–H and O–H groups in total. The highest BCUT2D eigenvalue weighted by molar-refractivity contribution is 4.72. The zero-order chi connectivity index (χ0) is 5.98. The van der Waals surface area contributed by atoms with Gasteiger partial charge >= 0.3 is 0 Å². The standard InChI is InChI=1S/C7H13N/c1-3-7-4-5-8(2)6-7/h1,7H,3-6H2,2H3. The predicted octanol–water partition coefficient (Wildman–Crippen LogP) is 1.04. The van der Waals surface area contributed by atoms with E-state index in [1.165, 1.54) is 19.5 Å². The van der Waals surface area contributed by atoms with E-state index < -0.39 is 0 Å². The first kappa shape index (κ1) is 6.09. The van der Waals surface area contributed by atoms with Crippen molar-refractivity contribution in [2.45, 2.75) is 12.8 Å². The molecule has 1 heteroatoms. The Morgan fingerprint density at radius 2 is 2.50 bits per heavy atom. The van der Waals surface area contributed by atoms with E-state index in [1.54, 1.807) is 0 Å². The van der Waals surface area contributed by atoms with Gasteiger partial charge in [0.1, 0.15) is 0 Å². The van der Waals surface area contributed by atoms with Crippen LogP contribution in [0.4, 0.5) is 0 Å². The van der Waals surface area contributed by atoms with E-state index in [0.29, 0.717) is 0 Å². The van der Waals surface area contributed by atoms with Gasteiger partial charge in [0.2, 0.25) is 0 Å². The zero-order valence-corrected chi connectivity index (χ0v) is 5.43. The maximum atomic E-state index is 5.47. The third kappa shape index (κ3) is 1.22. The van der Waals surface area contributed by atoms with Crippen LogP contribution in [0.25, 0.3) is 0 Å².